The van der Waals surface area contributed by atoms with Crippen molar-refractivity contribution in [3.05, 3.63) is 106 Å². The van der Waals surface area contributed by atoms with Crippen LogP contribution in [0.1, 0.15) is 40.8 Å². The molecule has 0 unspecified atom stereocenters. The number of quaternary nitrogens is 1. The van der Waals surface area contributed by atoms with Gasteiger partial charge in [0.25, 0.3) is 0 Å². The normalized spacial score (nSPS) is 15.6. The van der Waals surface area contributed by atoms with Crippen molar-refractivity contribution in [1.82, 2.24) is 9.88 Å². The van der Waals surface area contributed by atoms with Gasteiger partial charge in [0, 0.05) is 24.4 Å². The molecule has 4 rings (SSSR count). The van der Waals surface area contributed by atoms with E-state index in [1.54, 1.807) is 30.6 Å². The first-order chi connectivity index (χ1) is 21.2. The zero-order chi connectivity index (χ0) is 33.1. The minimum atomic E-state index is -4.66. The van der Waals surface area contributed by atoms with Crippen LogP contribution in [0.15, 0.2) is 78.3 Å². The highest BCUT2D eigenvalue weighted by molar-refractivity contribution is 5.99. The highest BCUT2D eigenvalue weighted by Crippen LogP contribution is 2.40. The molecule has 2 amide bonds. The molecule has 45 heavy (non-hydrogen) atoms. The number of ether oxygens (including phenoxy) is 1. The van der Waals surface area contributed by atoms with Gasteiger partial charge in [0.05, 0.1) is 50.6 Å². The van der Waals surface area contributed by atoms with Gasteiger partial charge in [0.2, 0.25) is 0 Å². The highest BCUT2D eigenvalue weighted by atomic mass is 19.4. The molecule has 1 aliphatic heterocycles. The largest absolute Gasteiger partial charge is 0.465 e. The number of carbonyl (C=O) groups excluding carboxylic acids is 2. The van der Waals surface area contributed by atoms with E-state index in [0.29, 0.717) is 40.7 Å². The summed E-state index contributed by atoms with van der Waals surface area (Å²) in [5.41, 5.74) is 14.0. The number of amides is 2. The van der Waals surface area contributed by atoms with Crippen LogP contribution in [0.3, 0.4) is 0 Å². The Morgan fingerprint density at radius 3 is 2.49 bits per heavy atom. The third-order valence-corrected chi connectivity index (χ3v) is 7.69. The van der Waals surface area contributed by atoms with Crippen LogP contribution in [0.4, 0.5) is 23.7 Å². The van der Waals surface area contributed by atoms with E-state index in [-0.39, 0.29) is 22.9 Å². The lowest BCUT2D eigenvalue weighted by molar-refractivity contribution is -0.903. The molecule has 0 radical (unpaired) electrons. The Labute approximate surface area is 258 Å². The Morgan fingerprint density at radius 2 is 1.89 bits per heavy atom. The fourth-order valence-corrected chi connectivity index (χ4v) is 5.56. The number of likely N-dealkylation sites (N-methyl/N-ethyl adjacent to an activating group) is 1. The van der Waals surface area contributed by atoms with Crippen LogP contribution in [-0.2, 0) is 28.7 Å². The number of hydrogen-bond acceptors (Lipinski definition) is 6. The lowest BCUT2D eigenvalue weighted by Gasteiger charge is -2.34. The molecule has 0 spiro atoms. The molecule has 234 valence electrons. The molecule has 1 aliphatic rings. The van der Waals surface area contributed by atoms with Gasteiger partial charge in [-0.15, -0.1) is 0 Å². The second-order valence-electron chi connectivity index (χ2n) is 11.3. The zero-order valence-corrected chi connectivity index (χ0v) is 25.3. The lowest BCUT2D eigenvalue weighted by atomic mass is 9.88. The average molecular weight is 622 g/mol. The maximum absolute atomic E-state index is 13.6. The number of primary amides is 1. The summed E-state index contributed by atoms with van der Waals surface area (Å²) in [5, 5.41) is 9.69. The van der Waals surface area contributed by atoms with Crippen molar-refractivity contribution in [3.8, 4) is 6.07 Å². The van der Waals surface area contributed by atoms with E-state index in [9.17, 15) is 28.0 Å². The van der Waals surface area contributed by atoms with Crippen molar-refractivity contribution in [2.45, 2.75) is 32.1 Å². The topological polar surface area (TPSA) is 138 Å². The Hall–Kier alpha value is -5.22. The molecule has 0 bridgehead atoms. The van der Waals surface area contributed by atoms with Gasteiger partial charge in [-0.1, -0.05) is 18.2 Å². The van der Waals surface area contributed by atoms with Crippen molar-refractivity contribution in [3.63, 3.8) is 0 Å². The number of hydrogen-bond donors (Lipinski definition) is 2. The van der Waals surface area contributed by atoms with Crippen LogP contribution >= 0.6 is 0 Å². The van der Waals surface area contributed by atoms with E-state index in [1.165, 1.54) is 23.6 Å². The third-order valence-electron chi connectivity index (χ3n) is 7.69. The van der Waals surface area contributed by atoms with E-state index >= 15 is 0 Å². The molecule has 0 aliphatic carbocycles. The van der Waals surface area contributed by atoms with Gasteiger partial charge >= 0.3 is 24.1 Å². The summed E-state index contributed by atoms with van der Waals surface area (Å²) in [6.07, 6.45) is -0.746. The molecule has 13 heteroatoms. The number of halogens is 3. The minimum Gasteiger partial charge on any atom is -0.465 e. The number of benzene rings is 2. The quantitative estimate of drug-likeness (QED) is 0.218. The second-order valence-corrected chi connectivity index (χ2v) is 11.3. The number of nitriles is 1. The van der Waals surface area contributed by atoms with Gasteiger partial charge < -0.3 is 15.0 Å². The fraction of sp³-hybridized carbons (Fsp3) is 0.281. The van der Waals surface area contributed by atoms with E-state index < -0.39 is 29.8 Å². The predicted octanol–water partition coefficient (Wildman–Crippen LogP) is 4.33. The number of urea groups is 1. The summed E-state index contributed by atoms with van der Waals surface area (Å²) in [6.45, 7) is 2.75. The summed E-state index contributed by atoms with van der Waals surface area (Å²) < 4.78 is 47.6. The standard InChI is InChI=1S/C32H32F3N7O3/c1-20-27(29(43)45-4)28(41(31(38)44)30(37)40(20)25-9-5-8-24(16-25)32(33,34)35)26-11-10-21(17-36)15-23(26)12-14-42(2,3)19-22-7-6-13-39-18-22/h5-11,13,15-16,18,28,37H,12,14,19H2,1-4H3,(H-,38,44)/p+2/t28-/m1/s1. The van der Waals surface area contributed by atoms with Gasteiger partial charge in [-0.05, 0) is 54.4 Å². The van der Waals surface area contributed by atoms with Crippen molar-refractivity contribution < 1.29 is 36.6 Å². The summed E-state index contributed by atoms with van der Waals surface area (Å²) >= 11 is 0. The first kappa shape index (κ1) is 32.7. The molecule has 1 atom stereocenters. The predicted molar refractivity (Wildman–Crippen MR) is 159 cm³/mol. The molecule has 3 aromatic rings. The maximum Gasteiger partial charge on any atom is 0.416 e. The van der Waals surface area contributed by atoms with Crippen LogP contribution in [0.2, 0.25) is 0 Å². The Kier molecular flexibility index (Phi) is 9.29. The van der Waals surface area contributed by atoms with Gasteiger partial charge in [-0.2, -0.15) is 23.3 Å². The summed E-state index contributed by atoms with van der Waals surface area (Å²) in [6, 6.07) is 12.9. The SMILES string of the molecule is COC(=O)C1=C(C)[N+](c2cccc(C(F)(F)F)c2)=C(N)N(C(N)=O)[C@@H]1c1ccc(C#N)cc1CC[N+](C)(C)Cc1cccnc1. The van der Waals surface area contributed by atoms with Crippen LogP contribution in [-0.4, -0.2) is 64.7 Å². The van der Waals surface area contributed by atoms with Crippen LogP contribution < -0.4 is 11.5 Å². The Bertz CT molecular complexity index is 1730. The number of methoxy groups -OCH3 is 1. The van der Waals surface area contributed by atoms with Crippen molar-refractivity contribution in [1.29, 1.82) is 5.26 Å². The molecule has 2 heterocycles. The number of esters is 1. The van der Waals surface area contributed by atoms with Gasteiger partial charge in [-0.25, -0.2) is 14.2 Å². The number of nitrogens with zero attached hydrogens (tertiary/aromatic N) is 5. The third kappa shape index (κ3) is 6.97. The van der Waals surface area contributed by atoms with E-state index in [4.69, 9.17) is 16.2 Å². The number of allylic oxidation sites excluding steroid dienone is 1. The zero-order valence-electron chi connectivity index (χ0n) is 25.3. The lowest BCUT2D eigenvalue weighted by Crippen LogP contribution is -2.54. The fourth-order valence-electron chi connectivity index (χ4n) is 5.56. The smallest absolute Gasteiger partial charge is 0.416 e. The second kappa shape index (κ2) is 12.8. The molecular weight excluding hydrogens is 587 g/mol. The minimum absolute atomic E-state index is 0.0413. The molecule has 2 aromatic carbocycles. The monoisotopic (exact) mass is 621 g/mol. The first-order valence-corrected chi connectivity index (χ1v) is 13.9. The van der Waals surface area contributed by atoms with Crippen molar-refractivity contribution >= 4 is 23.6 Å². The highest BCUT2D eigenvalue weighted by Gasteiger charge is 2.47. The Morgan fingerprint density at radius 1 is 1.16 bits per heavy atom. The van der Waals surface area contributed by atoms with Crippen molar-refractivity contribution in [2.75, 3.05) is 27.7 Å². The number of pyridine rings is 1. The summed E-state index contributed by atoms with van der Waals surface area (Å²) in [7, 11) is 5.24. The maximum atomic E-state index is 13.6. The van der Waals surface area contributed by atoms with Crippen molar-refractivity contribution in [2.24, 2.45) is 11.5 Å². The number of alkyl halides is 3. The van der Waals surface area contributed by atoms with Crippen LogP contribution in [0, 0.1) is 11.3 Å². The van der Waals surface area contributed by atoms with E-state index in [0.717, 1.165) is 29.7 Å². The number of rotatable bonds is 8. The number of aromatic nitrogens is 1. The molecule has 4 N–H and O–H groups in total. The summed E-state index contributed by atoms with van der Waals surface area (Å²) in [4.78, 5) is 31.6. The number of guanidine groups is 1. The van der Waals surface area contributed by atoms with Crippen LogP contribution in [0.25, 0.3) is 0 Å². The van der Waals surface area contributed by atoms with Gasteiger partial charge in [0.1, 0.15) is 23.8 Å². The summed E-state index contributed by atoms with van der Waals surface area (Å²) in [5.74, 6) is -1.14. The molecule has 0 saturated heterocycles. The Balaban J connectivity index is 1.87. The number of nitrogens with two attached hydrogens (primary N) is 2. The molecular formula is C32H34F3N7O3+2. The molecule has 1 aromatic heterocycles. The van der Waals surface area contributed by atoms with Crippen LogP contribution in [0.5, 0.6) is 0 Å². The average Bonchev–Trinajstić information content (AvgIpc) is 2.99. The number of carbonyl (C=O) groups is 2. The molecule has 0 fully saturated rings. The van der Waals surface area contributed by atoms with Gasteiger partial charge in [0.15, 0.2) is 0 Å². The van der Waals surface area contributed by atoms with E-state index in [1.807, 2.05) is 26.2 Å². The molecule has 10 nitrogen and oxygen atoms in total. The van der Waals surface area contributed by atoms with Gasteiger partial charge in [-0.3, -0.25) is 10.7 Å². The first-order valence-electron chi connectivity index (χ1n) is 13.9. The molecule has 0 saturated carbocycles. The van der Waals surface area contributed by atoms with E-state index in [2.05, 4.69) is 11.1 Å².